The molecule has 9 heteroatoms. The van der Waals surface area contributed by atoms with Crippen molar-refractivity contribution in [1.29, 1.82) is 0 Å². The van der Waals surface area contributed by atoms with Crippen LogP contribution in [-0.4, -0.2) is 74.1 Å². The zero-order chi connectivity index (χ0) is 30.1. The number of hydrogen-bond acceptors (Lipinski definition) is 6. The highest BCUT2D eigenvalue weighted by Gasteiger charge is 2.35. The van der Waals surface area contributed by atoms with Crippen LogP contribution < -0.4 is 4.74 Å². The molecule has 6 rings (SSSR count). The van der Waals surface area contributed by atoms with Crippen molar-refractivity contribution >= 4 is 32.4 Å². The summed E-state index contributed by atoms with van der Waals surface area (Å²) in [6.07, 6.45) is 0.596. The maximum Gasteiger partial charge on any atom is 0.257 e. The number of methoxy groups -OCH3 is 1. The van der Waals surface area contributed by atoms with Crippen molar-refractivity contribution < 1.29 is 17.9 Å². The predicted molar refractivity (Wildman–Crippen MR) is 169 cm³/mol. The Kier molecular flexibility index (Phi) is 8.05. The number of aryl methyl sites for hydroxylation is 2. The molecule has 1 atom stereocenters. The lowest BCUT2D eigenvalue weighted by Crippen LogP contribution is -2.51. The summed E-state index contributed by atoms with van der Waals surface area (Å²) in [5.74, 6) is 0.645. The van der Waals surface area contributed by atoms with Gasteiger partial charge in [-0.05, 0) is 71.1 Å². The van der Waals surface area contributed by atoms with Crippen LogP contribution in [-0.2, 0) is 14.8 Å². The van der Waals surface area contributed by atoms with Crippen molar-refractivity contribution in [2.45, 2.75) is 31.2 Å². The minimum atomic E-state index is -3.61. The minimum Gasteiger partial charge on any atom is -0.497 e. The third kappa shape index (κ3) is 5.93. The topological polar surface area (TPSA) is 82.5 Å². The quantitative estimate of drug-likeness (QED) is 0.295. The van der Waals surface area contributed by atoms with E-state index in [-0.39, 0.29) is 18.5 Å². The molecule has 0 bridgehead atoms. The van der Waals surface area contributed by atoms with E-state index in [1.54, 1.807) is 18.2 Å². The largest absolute Gasteiger partial charge is 0.497 e. The van der Waals surface area contributed by atoms with Gasteiger partial charge in [-0.2, -0.15) is 9.41 Å². The molecule has 4 aromatic rings. The molecule has 0 radical (unpaired) electrons. The standard InChI is InChI=1S/C34H36N4O4S/c1-24-8-9-25(2)33(20-24)43(40,41)37-18-16-36(17-19-37)23-34(39)38-32(27-12-14-30(42-3)15-13-27)22-31(35-38)29-11-10-26-6-4-5-7-28(26)21-29/h4-15,20-21,32H,16-19,22-23H2,1-3H3/t32-/m0/s1. The second kappa shape index (κ2) is 11.9. The first kappa shape index (κ1) is 29.0. The fraction of sp³-hybridized carbons (Fsp3) is 0.294. The van der Waals surface area contributed by atoms with Crippen molar-refractivity contribution in [3.63, 3.8) is 0 Å². The first-order valence-electron chi connectivity index (χ1n) is 14.6. The second-order valence-electron chi connectivity index (χ2n) is 11.3. The Morgan fingerprint density at radius 1 is 0.884 bits per heavy atom. The number of sulfonamides is 1. The lowest BCUT2D eigenvalue weighted by atomic mass is 9.97. The number of fused-ring (bicyclic) bond motifs is 1. The minimum absolute atomic E-state index is 0.109. The van der Waals surface area contributed by atoms with Gasteiger partial charge in [0.1, 0.15) is 5.75 Å². The average Bonchev–Trinajstić information content (AvgIpc) is 3.48. The van der Waals surface area contributed by atoms with Crippen LogP contribution >= 0.6 is 0 Å². The van der Waals surface area contributed by atoms with Crippen molar-refractivity contribution in [2.75, 3.05) is 39.8 Å². The fourth-order valence-electron chi connectivity index (χ4n) is 5.89. The number of carbonyl (C=O) groups is 1. The molecule has 2 heterocycles. The van der Waals surface area contributed by atoms with E-state index in [9.17, 15) is 13.2 Å². The van der Waals surface area contributed by atoms with Gasteiger partial charge in [-0.25, -0.2) is 13.4 Å². The summed E-state index contributed by atoms with van der Waals surface area (Å²) < 4.78 is 33.7. The molecule has 0 saturated carbocycles. The molecule has 43 heavy (non-hydrogen) atoms. The molecule has 0 aliphatic carbocycles. The molecular weight excluding hydrogens is 560 g/mol. The first-order chi connectivity index (χ1) is 20.7. The molecular formula is C34H36N4O4S. The van der Waals surface area contributed by atoms with Crippen molar-refractivity contribution in [1.82, 2.24) is 14.2 Å². The summed E-state index contributed by atoms with van der Waals surface area (Å²) in [6.45, 7) is 5.48. The van der Waals surface area contributed by atoms with E-state index in [0.717, 1.165) is 44.5 Å². The van der Waals surface area contributed by atoms with Gasteiger partial charge in [-0.1, -0.05) is 60.7 Å². The maximum absolute atomic E-state index is 13.8. The number of benzene rings is 4. The Morgan fingerprint density at radius 3 is 2.33 bits per heavy atom. The van der Waals surface area contributed by atoms with Gasteiger partial charge in [0.15, 0.2) is 0 Å². The molecule has 1 amide bonds. The summed E-state index contributed by atoms with van der Waals surface area (Å²) in [4.78, 5) is 16.2. The number of piperazine rings is 1. The SMILES string of the molecule is COc1ccc([C@@H]2CC(c3ccc4ccccc4c3)=NN2C(=O)CN2CCN(S(=O)(=O)c3cc(C)ccc3C)CC2)cc1. The summed E-state index contributed by atoms with van der Waals surface area (Å²) in [6, 6.07) is 27.5. The first-order valence-corrected chi connectivity index (χ1v) is 16.0. The Hall–Kier alpha value is -4.05. The number of carbonyl (C=O) groups excluding carboxylic acids is 1. The molecule has 2 aliphatic heterocycles. The van der Waals surface area contributed by atoms with Crippen LogP contribution in [0.2, 0.25) is 0 Å². The van der Waals surface area contributed by atoms with E-state index in [0.29, 0.717) is 37.5 Å². The van der Waals surface area contributed by atoms with Gasteiger partial charge >= 0.3 is 0 Å². The smallest absolute Gasteiger partial charge is 0.257 e. The van der Waals surface area contributed by atoms with Crippen LogP contribution in [0.3, 0.4) is 0 Å². The zero-order valence-corrected chi connectivity index (χ0v) is 25.5. The number of hydrogen-bond donors (Lipinski definition) is 0. The van der Waals surface area contributed by atoms with Crippen LogP contribution in [0.4, 0.5) is 0 Å². The van der Waals surface area contributed by atoms with Crippen LogP contribution in [0.15, 0.2) is 94.9 Å². The number of amides is 1. The van der Waals surface area contributed by atoms with Crippen LogP contribution in [0.5, 0.6) is 5.75 Å². The lowest BCUT2D eigenvalue weighted by Gasteiger charge is -2.34. The van der Waals surface area contributed by atoms with Crippen LogP contribution in [0.25, 0.3) is 10.8 Å². The second-order valence-corrected chi connectivity index (χ2v) is 13.2. The molecule has 0 spiro atoms. The van der Waals surface area contributed by atoms with E-state index in [1.807, 2.05) is 67.3 Å². The van der Waals surface area contributed by atoms with E-state index >= 15 is 0 Å². The van der Waals surface area contributed by atoms with E-state index < -0.39 is 10.0 Å². The molecule has 222 valence electrons. The molecule has 0 unspecified atom stereocenters. The number of nitrogens with zero attached hydrogens (tertiary/aromatic N) is 4. The third-order valence-corrected chi connectivity index (χ3v) is 10.4. The van der Waals surface area contributed by atoms with Gasteiger partial charge in [0.2, 0.25) is 10.0 Å². The zero-order valence-electron chi connectivity index (χ0n) is 24.7. The number of hydrazone groups is 1. The van der Waals surface area contributed by atoms with Gasteiger partial charge in [0.05, 0.1) is 30.3 Å². The monoisotopic (exact) mass is 596 g/mol. The summed E-state index contributed by atoms with van der Waals surface area (Å²) in [5.41, 5.74) is 4.50. The van der Waals surface area contributed by atoms with E-state index in [2.05, 4.69) is 30.3 Å². The number of ether oxygens (including phenoxy) is 1. The Morgan fingerprint density at radius 2 is 1.60 bits per heavy atom. The normalized spacial score (nSPS) is 18.2. The van der Waals surface area contributed by atoms with Crippen LogP contribution in [0.1, 0.15) is 34.7 Å². The molecule has 1 saturated heterocycles. The summed E-state index contributed by atoms with van der Waals surface area (Å²) >= 11 is 0. The Bertz CT molecular complexity index is 1800. The van der Waals surface area contributed by atoms with Crippen molar-refractivity contribution in [3.05, 3.63) is 107 Å². The maximum atomic E-state index is 13.8. The summed E-state index contributed by atoms with van der Waals surface area (Å²) in [7, 11) is -1.97. The number of rotatable bonds is 7. The third-order valence-electron chi connectivity index (χ3n) is 8.40. The highest BCUT2D eigenvalue weighted by Crippen LogP contribution is 2.34. The van der Waals surface area contributed by atoms with Gasteiger partial charge < -0.3 is 4.74 Å². The van der Waals surface area contributed by atoms with Crippen LogP contribution in [0, 0.1) is 13.8 Å². The van der Waals surface area contributed by atoms with Gasteiger partial charge in [-0.3, -0.25) is 9.69 Å². The Balaban J connectivity index is 1.20. The molecule has 8 nitrogen and oxygen atoms in total. The van der Waals surface area contributed by atoms with Gasteiger partial charge in [-0.15, -0.1) is 0 Å². The highest BCUT2D eigenvalue weighted by atomic mass is 32.2. The fourth-order valence-corrected chi connectivity index (χ4v) is 7.62. The molecule has 4 aromatic carbocycles. The molecule has 0 aromatic heterocycles. The molecule has 2 aliphatic rings. The Labute approximate surface area is 253 Å². The predicted octanol–water partition coefficient (Wildman–Crippen LogP) is 5.15. The highest BCUT2D eigenvalue weighted by molar-refractivity contribution is 7.89. The van der Waals surface area contributed by atoms with E-state index in [1.165, 1.54) is 4.31 Å². The summed E-state index contributed by atoms with van der Waals surface area (Å²) in [5, 5.41) is 8.78. The van der Waals surface area contributed by atoms with E-state index in [4.69, 9.17) is 9.84 Å². The lowest BCUT2D eigenvalue weighted by molar-refractivity contribution is -0.134. The van der Waals surface area contributed by atoms with Crippen molar-refractivity contribution in [3.8, 4) is 5.75 Å². The molecule has 0 N–H and O–H groups in total. The average molecular weight is 597 g/mol. The van der Waals surface area contributed by atoms with Gasteiger partial charge in [0.25, 0.3) is 5.91 Å². The van der Waals surface area contributed by atoms with Crippen molar-refractivity contribution in [2.24, 2.45) is 5.10 Å². The molecule has 1 fully saturated rings. The van der Waals surface area contributed by atoms with Gasteiger partial charge in [0, 0.05) is 32.6 Å².